The molecule has 1 saturated heterocycles. The number of halogens is 2. The summed E-state index contributed by atoms with van der Waals surface area (Å²) in [6.07, 6.45) is -7.25. The minimum Gasteiger partial charge on any atom is -0.605 e. The van der Waals surface area contributed by atoms with Crippen molar-refractivity contribution in [2.75, 3.05) is 44.3 Å². The minimum atomic E-state index is -5.42. The van der Waals surface area contributed by atoms with Crippen LogP contribution in [0.5, 0.6) is 17.2 Å². The van der Waals surface area contributed by atoms with E-state index in [1.165, 1.54) is 22.6 Å². The lowest BCUT2D eigenvalue weighted by Crippen LogP contribution is -2.61. The molecule has 79 heavy (non-hydrogen) atoms. The van der Waals surface area contributed by atoms with E-state index in [1.54, 1.807) is 17.3 Å². The zero-order valence-electron chi connectivity index (χ0n) is 43.9. The molecule has 0 saturated carbocycles. The molecule has 24 nitrogen and oxygen atoms in total. The molecule has 5 aliphatic rings. The second-order valence-corrected chi connectivity index (χ2v) is 23.6. The number of aliphatic carboxylic acids is 1. The van der Waals surface area contributed by atoms with Crippen LogP contribution in [0, 0.1) is 16.6 Å². The number of hydrogen-bond acceptors (Lipinski definition) is 19. The molecule has 1 fully saturated rings. The van der Waals surface area contributed by atoms with Crippen LogP contribution in [0.4, 0.5) is 4.39 Å². The van der Waals surface area contributed by atoms with Crippen molar-refractivity contribution < 1.29 is 79.7 Å². The number of carboxylic acids is 1. The molecule has 0 spiro atoms. The van der Waals surface area contributed by atoms with E-state index in [1.807, 2.05) is 57.2 Å². The highest BCUT2D eigenvalue weighted by molar-refractivity contribution is 14.1. The maximum absolute atomic E-state index is 16.5. The summed E-state index contributed by atoms with van der Waals surface area (Å²) < 4.78 is 80.2. The van der Waals surface area contributed by atoms with Crippen molar-refractivity contribution in [2.45, 2.75) is 110 Å². The van der Waals surface area contributed by atoms with Crippen LogP contribution in [0.1, 0.15) is 91.6 Å². The first-order valence-corrected chi connectivity index (χ1v) is 28.2. The van der Waals surface area contributed by atoms with Gasteiger partial charge < -0.3 is 78.5 Å². The number of nitrogens with one attached hydrogen (secondary N) is 2. The molecular formula is C52H60FIN7O17S-. The summed E-state index contributed by atoms with van der Waals surface area (Å²) >= 11 is 1.98. The SMILES string of the molecule is CC[C@H]1C(=O)OCc2c1cc1n(c2=O)Cc2c-1nc1cc(F)c(OS(=O)(=O)Oc3cc(C(=O)N(C)CC(C)(C)COCC(C)(C)CN4C=C(CNC(=O)CI)[N-]N4)ccc3O[C@@H]3O[C@H](C(=O)O)[C@@H](O)[C@H](O)[C@H]3O)c3c1c2CCC3. The molecule has 0 bridgehead atoms. The number of alkyl halides is 1. The monoisotopic (exact) mass is 1230 g/mol. The molecule has 4 aromatic rings. The molecular weight excluding hydrogens is 1170 g/mol. The molecule has 9 rings (SSSR count). The number of nitrogens with zero attached hydrogens (tertiary/aromatic N) is 5. The molecule has 1 aliphatic carbocycles. The van der Waals surface area contributed by atoms with Gasteiger partial charge in [0.05, 0.1) is 52.6 Å². The lowest BCUT2D eigenvalue weighted by Gasteiger charge is -2.38. The maximum atomic E-state index is 16.5. The summed E-state index contributed by atoms with van der Waals surface area (Å²) in [4.78, 5) is 70.6. The quantitative estimate of drug-likeness (QED) is 0.0370. The number of rotatable bonds is 20. The van der Waals surface area contributed by atoms with Crippen LogP contribution in [0.25, 0.3) is 27.7 Å². The molecule has 4 aliphatic heterocycles. The van der Waals surface area contributed by atoms with E-state index in [4.69, 9.17) is 32.3 Å². The number of carboxylic acid groups (broad SMARTS) is 1. The fourth-order valence-electron chi connectivity index (χ4n) is 10.6. The van der Waals surface area contributed by atoms with Crippen LogP contribution >= 0.6 is 22.6 Å². The summed E-state index contributed by atoms with van der Waals surface area (Å²) in [5.41, 5.74) is 9.75. The molecule has 426 valence electrons. The van der Waals surface area contributed by atoms with Gasteiger partial charge in [0.15, 0.2) is 29.2 Å². The van der Waals surface area contributed by atoms with Crippen molar-refractivity contribution in [2.24, 2.45) is 10.8 Å². The van der Waals surface area contributed by atoms with Gasteiger partial charge in [0.1, 0.15) is 24.9 Å². The number of cyclic esters (lactones) is 1. The van der Waals surface area contributed by atoms with Crippen molar-refractivity contribution in [3.05, 3.63) is 97.2 Å². The maximum Gasteiger partial charge on any atom is 0.501 e. The third-order valence-electron chi connectivity index (χ3n) is 14.2. The number of aromatic nitrogens is 2. The predicted octanol–water partition coefficient (Wildman–Crippen LogP) is 3.22. The van der Waals surface area contributed by atoms with Crippen LogP contribution in [0.2, 0.25) is 0 Å². The van der Waals surface area contributed by atoms with Crippen molar-refractivity contribution >= 4 is 67.6 Å². The zero-order valence-corrected chi connectivity index (χ0v) is 46.9. The Kier molecular flexibility index (Phi) is 16.3. The topological polar surface area (TPSA) is 318 Å². The van der Waals surface area contributed by atoms with E-state index in [0.717, 1.165) is 18.2 Å². The highest BCUT2D eigenvalue weighted by Crippen LogP contribution is 2.45. The van der Waals surface area contributed by atoms with E-state index >= 15 is 4.39 Å². The first-order chi connectivity index (χ1) is 37.3. The van der Waals surface area contributed by atoms with E-state index in [2.05, 4.69) is 16.3 Å². The first kappa shape index (κ1) is 57.5. The highest BCUT2D eigenvalue weighted by atomic mass is 127. The highest BCUT2D eigenvalue weighted by Gasteiger charge is 2.49. The first-order valence-electron chi connectivity index (χ1n) is 25.4. The average Bonchev–Trinajstić information content (AvgIpc) is 4.25. The van der Waals surface area contributed by atoms with Gasteiger partial charge in [0, 0.05) is 65.7 Å². The second kappa shape index (κ2) is 22.4. The lowest BCUT2D eigenvalue weighted by molar-refractivity contribution is -0.271. The van der Waals surface area contributed by atoms with Crippen molar-refractivity contribution in [1.82, 2.24) is 30.3 Å². The number of esters is 1. The van der Waals surface area contributed by atoms with Gasteiger partial charge in [-0.3, -0.25) is 19.2 Å². The molecule has 6 heterocycles. The van der Waals surface area contributed by atoms with Gasteiger partial charge in [-0.2, -0.15) is 0 Å². The second-order valence-electron chi connectivity index (χ2n) is 21.7. The smallest absolute Gasteiger partial charge is 0.501 e. The predicted molar refractivity (Wildman–Crippen MR) is 285 cm³/mol. The van der Waals surface area contributed by atoms with E-state index in [0.29, 0.717) is 81.6 Å². The normalized spacial score (nSPS) is 21.5. The number of pyridine rings is 2. The molecule has 6 atom stereocenters. The molecule has 0 radical (unpaired) electrons. The number of aliphatic hydroxyl groups is 3. The molecule has 27 heteroatoms. The molecule has 0 unspecified atom stereocenters. The minimum absolute atomic E-state index is 0.102. The molecule has 6 N–H and O–H groups in total. The number of hydrazine groups is 1. The number of carbonyl (C=O) groups excluding carboxylic acids is 3. The Morgan fingerprint density at radius 2 is 1.72 bits per heavy atom. The van der Waals surface area contributed by atoms with Crippen LogP contribution in [-0.2, 0) is 65.0 Å². The van der Waals surface area contributed by atoms with E-state index in [9.17, 15) is 52.8 Å². The van der Waals surface area contributed by atoms with Crippen molar-refractivity contribution in [3.63, 3.8) is 0 Å². The number of carbonyl (C=O) groups is 4. The van der Waals surface area contributed by atoms with Crippen LogP contribution in [-0.4, -0.2) is 147 Å². The van der Waals surface area contributed by atoms with Gasteiger partial charge in [-0.05, 0) is 67.3 Å². The van der Waals surface area contributed by atoms with Crippen LogP contribution in [0.3, 0.4) is 0 Å². The number of fused-ring (bicyclic) bond motifs is 5. The molecule has 2 aromatic carbocycles. The summed E-state index contributed by atoms with van der Waals surface area (Å²) in [6.45, 7) is 10.9. The lowest BCUT2D eigenvalue weighted by atomic mass is 9.86. The zero-order chi connectivity index (χ0) is 57.0. The van der Waals surface area contributed by atoms with Gasteiger partial charge in [0.2, 0.25) is 12.2 Å². The Bertz CT molecular complexity index is 3340. The summed E-state index contributed by atoms with van der Waals surface area (Å²) in [6, 6.07) is 6.04. The fraction of sp³-hybridized carbons (Fsp3) is 0.500. The Balaban J connectivity index is 0.956. The standard InChI is InChI=1S/C52H61FIN7O17S/c1-7-27-30-14-35-40-31(19-61(35)47(67)32(30)20-74-49(27)70)28-9-8-10-29-39(28)34(56-40)15-33(53)44(29)78-79(71,72)77-37-13-25(11-12-36(37)75-50-43(65)41(63)42(64)45(76-50)48(68)69)46(66)59(6)21-51(2,3)23-73-24-52(4,5)22-60-18-26(57-58-60)17-55-38(62)16-54/h11-15,18,27,41-43,45,50,63-65H,7-10,16-17,19-24H2,1-6H3,(H4,55,56,57,58,62,67,68,69)/p-1/t27-,41+,42+,43-,45+,50-/m1/s1. The number of aliphatic hydroxyl groups excluding tert-OH is 3. The van der Waals surface area contributed by atoms with Crippen molar-refractivity contribution in [3.8, 4) is 28.6 Å². The largest absolute Gasteiger partial charge is 0.605 e. The summed E-state index contributed by atoms with van der Waals surface area (Å²) in [5, 5.41) is 46.3. The Morgan fingerprint density at radius 1 is 0.987 bits per heavy atom. The van der Waals surface area contributed by atoms with Gasteiger partial charge in [-0.25, -0.2) is 14.2 Å². The third kappa shape index (κ3) is 11.8. The number of ether oxygens (including phenoxy) is 4. The molecule has 2 aromatic heterocycles. The van der Waals surface area contributed by atoms with Gasteiger partial charge in [-0.1, -0.05) is 57.2 Å². The average molecular weight is 1230 g/mol. The Labute approximate surface area is 466 Å². The van der Waals surface area contributed by atoms with Crippen LogP contribution < -0.4 is 29.5 Å². The Morgan fingerprint density at radius 3 is 2.44 bits per heavy atom. The number of hydrogen-bond donors (Lipinski definition) is 6. The summed E-state index contributed by atoms with van der Waals surface area (Å²) in [7, 11) is -3.91. The summed E-state index contributed by atoms with van der Waals surface area (Å²) in [5.74, 6) is -6.75. The van der Waals surface area contributed by atoms with Gasteiger partial charge in [0.25, 0.3) is 11.5 Å². The number of benzene rings is 2. The van der Waals surface area contributed by atoms with E-state index < -0.39 is 93.3 Å². The van der Waals surface area contributed by atoms with E-state index in [-0.39, 0.29) is 72.8 Å². The Hall–Kier alpha value is -6.21. The molecule has 2 amide bonds. The fourth-order valence-corrected chi connectivity index (χ4v) is 11.6. The van der Waals surface area contributed by atoms with Gasteiger partial charge in [-0.15, -0.1) is 14.1 Å². The van der Waals surface area contributed by atoms with Gasteiger partial charge >= 0.3 is 22.3 Å². The third-order valence-corrected chi connectivity index (χ3v) is 15.7. The number of aryl methyl sites for hydroxylation is 2. The van der Waals surface area contributed by atoms with Crippen LogP contribution in [0.15, 0.2) is 47.0 Å². The number of amides is 2. The van der Waals surface area contributed by atoms with Crippen molar-refractivity contribution in [1.29, 1.82) is 0 Å².